The van der Waals surface area contributed by atoms with Gasteiger partial charge in [0.05, 0.1) is 12.8 Å². The predicted molar refractivity (Wildman–Crippen MR) is 177 cm³/mol. The van der Waals surface area contributed by atoms with Gasteiger partial charge >= 0.3 is 0 Å². The zero-order valence-electron chi connectivity index (χ0n) is 24.8. The van der Waals surface area contributed by atoms with Gasteiger partial charge in [-0.25, -0.2) is 0 Å². The normalized spacial score (nSPS) is 11.6. The SMILES string of the molecule is COc1cc(N=Nc2c(C)cc3cc(Nc4ccccc4)ccc3c2O)c(O)cc1N=Nc1ccc2c(C)cc(C)cc2c1. The number of para-hydroxylation sites is 1. The summed E-state index contributed by atoms with van der Waals surface area (Å²) in [7, 11) is 1.51. The maximum Gasteiger partial charge on any atom is 0.151 e. The number of benzene rings is 6. The van der Waals surface area contributed by atoms with Crippen LogP contribution in [0.1, 0.15) is 16.7 Å². The number of anilines is 2. The van der Waals surface area contributed by atoms with Crippen molar-refractivity contribution in [2.75, 3.05) is 12.4 Å². The van der Waals surface area contributed by atoms with Crippen molar-refractivity contribution in [1.82, 2.24) is 0 Å². The molecule has 0 aliphatic carbocycles. The summed E-state index contributed by atoms with van der Waals surface area (Å²) in [6.07, 6.45) is 0. The summed E-state index contributed by atoms with van der Waals surface area (Å²) in [5, 5.41) is 46.2. The van der Waals surface area contributed by atoms with Crippen molar-refractivity contribution in [2.24, 2.45) is 20.5 Å². The van der Waals surface area contributed by atoms with Crippen molar-refractivity contribution in [3.63, 3.8) is 0 Å². The first-order valence-corrected chi connectivity index (χ1v) is 14.1. The summed E-state index contributed by atoms with van der Waals surface area (Å²) in [6.45, 7) is 6.01. The second kappa shape index (κ2) is 11.9. The predicted octanol–water partition coefficient (Wildman–Crippen LogP) is 10.9. The number of methoxy groups -OCH3 is 1. The van der Waals surface area contributed by atoms with Crippen molar-refractivity contribution in [3.8, 4) is 17.2 Å². The van der Waals surface area contributed by atoms with Gasteiger partial charge in [0.2, 0.25) is 0 Å². The van der Waals surface area contributed by atoms with Crippen LogP contribution < -0.4 is 10.1 Å². The first kappa shape index (κ1) is 28.4. The van der Waals surface area contributed by atoms with E-state index in [1.165, 1.54) is 30.4 Å². The molecule has 0 aromatic heterocycles. The van der Waals surface area contributed by atoms with Gasteiger partial charge in [0.1, 0.15) is 28.6 Å². The van der Waals surface area contributed by atoms with Crippen molar-refractivity contribution in [1.29, 1.82) is 0 Å². The zero-order valence-corrected chi connectivity index (χ0v) is 24.8. The van der Waals surface area contributed by atoms with E-state index in [1.54, 1.807) is 0 Å². The third-order valence-electron chi connectivity index (χ3n) is 7.43. The third-order valence-corrected chi connectivity index (χ3v) is 7.43. The quantitative estimate of drug-likeness (QED) is 0.163. The second-order valence-electron chi connectivity index (χ2n) is 10.7. The monoisotopic (exact) mass is 581 g/mol. The Hall–Kier alpha value is -5.76. The molecule has 6 aromatic carbocycles. The second-order valence-corrected chi connectivity index (χ2v) is 10.7. The Bertz CT molecular complexity index is 2090. The molecule has 0 unspecified atom stereocenters. The number of hydrogen-bond acceptors (Lipinski definition) is 8. The number of rotatable bonds is 7. The lowest BCUT2D eigenvalue weighted by molar-refractivity contribution is 0.413. The molecule has 0 aliphatic heterocycles. The summed E-state index contributed by atoms with van der Waals surface area (Å²) < 4.78 is 5.52. The first-order chi connectivity index (χ1) is 21.3. The van der Waals surface area contributed by atoms with Gasteiger partial charge < -0.3 is 20.3 Å². The topological polar surface area (TPSA) is 111 Å². The average Bonchev–Trinajstić information content (AvgIpc) is 3.00. The van der Waals surface area contributed by atoms with Gasteiger partial charge in [0.15, 0.2) is 5.75 Å². The van der Waals surface area contributed by atoms with Crippen molar-refractivity contribution >= 4 is 55.7 Å². The highest BCUT2D eigenvalue weighted by Gasteiger charge is 2.14. The maximum atomic E-state index is 11.1. The van der Waals surface area contributed by atoms with E-state index < -0.39 is 0 Å². The molecule has 0 atom stereocenters. The van der Waals surface area contributed by atoms with E-state index in [2.05, 4.69) is 51.8 Å². The molecular formula is C36H31N5O3. The molecule has 0 aliphatic rings. The van der Waals surface area contributed by atoms with Crippen LogP contribution in [0, 0.1) is 20.8 Å². The van der Waals surface area contributed by atoms with E-state index in [1.807, 2.05) is 79.7 Å². The number of aryl methyl sites for hydroxylation is 3. The number of aromatic hydroxyl groups is 2. The molecule has 3 N–H and O–H groups in total. The molecule has 0 fully saturated rings. The van der Waals surface area contributed by atoms with Gasteiger partial charge in [-0.05, 0) is 96.6 Å². The molecule has 0 bridgehead atoms. The molecule has 0 radical (unpaired) electrons. The van der Waals surface area contributed by atoms with Gasteiger partial charge in [-0.15, -0.1) is 15.3 Å². The summed E-state index contributed by atoms with van der Waals surface area (Å²) in [5.74, 6) is 0.223. The Labute approximate surface area is 255 Å². The molecule has 218 valence electrons. The van der Waals surface area contributed by atoms with Crippen molar-refractivity contribution in [3.05, 3.63) is 114 Å². The number of nitrogens with zero attached hydrogens (tertiary/aromatic N) is 4. The molecule has 8 heteroatoms. The third kappa shape index (κ3) is 5.78. The van der Waals surface area contributed by atoms with Crippen LogP contribution in [0.4, 0.5) is 34.1 Å². The van der Waals surface area contributed by atoms with Crippen LogP contribution in [-0.2, 0) is 0 Å². The molecular weight excluding hydrogens is 550 g/mol. The van der Waals surface area contributed by atoms with E-state index in [4.69, 9.17) is 4.74 Å². The molecule has 6 rings (SSSR count). The number of fused-ring (bicyclic) bond motifs is 2. The van der Waals surface area contributed by atoms with Gasteiger partial charge in [-0.2, -0.15) is 5.11 Å². The number of ether oxygens (including phenoxy) is 1. The molecule has 8 nitrogen and oxygen atoms in total. The Morgan fingerprint density at radius 1 is 0.614 bits per heavy atom. The maximum absolute atomic E-state index is 11.1. The Morgan fingerprint density at radius 3 is 2.16 bits per heavy atom. The summed E-state index contributed by atoms with van der Waals surface area (Å²) in [6, 6.07) is 30.7. The largest absolute Gasteiger partial charge is 0.506 e. The van der Waals surface area contributed by atoms with E-state index in [0.29, 0.717) is 28.2 Å². The molecule has 6 aromatic rings. The summed E-state index contributed by atoms with van der Waals surface area (Å²) in [5.41, 5.74) is 6.48. The van der Waals surface area contributed by atoms with Gasteiger partial charge in [0, 0.05) is 28.9 Å². The molecule has 44 heavy (non-hydrogen) atoms. The fraction of sp³-hybridized carbons (Fsp3) is 0.111. The van der Waals surface area contributed by atoms with Crippen LogP contribution in [0.3, 0.4) is 0 Å². The van der Waals surface area contributed by atoms with Crippen LogP contribution >= 0.6 is 0 Å². The molecule has 0 saturated heterocycles. The zero-order chi connectivity index (χ0) is 30.8. The standard InChI is InChI=1S/C36H31N5O3/c1-21-14-22(2)29-12-11-28(18-24(29)15-21)38-40-32-19-33(42)31(20-34(32)44-4)39-41-35-23(3)16-25-17-27(10-13-30(25)36(35)43)37-26-8-6-5-7-9-26/h5-20,37,42-43H,1-4H3. The van der Waals surface area contributed by atoms with Gasteiger partial charge in [-0.3, -0.25) is 0 Å². The van der Waals surface area contributed by atoms with Crippen molar-refractivity contribution < 1.29 is 14.9 Å². The smallest absolute Gasteiger partial charge is 0.151 e. The number of azo groups is 2. The number of phenolic OH excluding ortho intramolecular Hbond substituents is 2. The highest BCUT2D eigenvalue weighted by atomic mass is 16.5. The molecule has 0 amide bonds. The van der Waals surface area contributed by atoms with Gasteiger partial charge in [0.25, 0.3) is 0 Å². The molecule has 0 saturated carbocycles. The number of phenols is 2. The Morgan fingerprint density at radius 2 is 1.36 bits per heavy atom. The summed E-state index contributed by atoms with van der Waals surface area (Å²) >= 11 is 0. The van der Waals surface area contributed by atoms with Crippen LogP contribution in [0.5, 0.6) is 17.2 Å². The minimum atomic E-state index is -0.150. The van der Waals surface area contributed by atoms with Crippen LogP contribution in [0.2, 0.25) is 0 Å². The lowest BCUT2D eigenvalue weighted by Gasteiger charge is -2.11. The summed E-state index contributed by atoms with van der Waals surface area (Å²) in [4.78, 5) is 0. The van der Waals surface area contributed by atoms with E-state index >= 15 is 0 Å². The minimum absolute atomic E-state index is 0.00709. The van der Waals surface area contributed by atoms with Crippen LogP contribution in [-0.4, -0.2) is 17.3 Å². The van der Waals surface area contributed by atoms with Crippen LogP contribution in [0.25, 0.3) is 21.5 Å². The van der Waals surface area contributed by atoms with E-state index in [-0.39, 0.29) is 17.2 Å². The Balaban J connectivity index is 1.27. The van der Waals surface area contributed by atoms with Gasteiger partial charge in [-0.1, -0.05) is 42.0 Å². The lowest BCUT2D eigenvalue weighted by Crippen LogP contribution is -1.90. The number of hydrogen-bond donors (Lipinski definition) is 3. The number of nitrogens with one attached hydrogen (secondary N) is 1. The fourth-order valence-electron chi connectivity index (χ4n) is 5.29. The van der Waals surface area contributed by atoms with E-state index in [0.717, 1.165) is 33.1 Å². The van der Waals surface area contributed by atoms with Crippen LogP contribution in [0.15, 0.2) is 118 Å². The highest BCUT2D eigenvalue weighted by Crippen LogP contribution is 2.43. The average molecular weight is 582 g/mol. The van der Waals surface area contributed by atoms with Crippen molar-refractivity contribution in [2.45, 2.75) is 20.8 Å². The lowest BCUT2D eigenvalue weighted by atomic mass is 10.0. The van der Waals surface area contributed by atoms with E-state index in [9.17, 15) is 10.2 Å². The molecule has 0 spiro atoms. The highest BCUT2D eigenvalue weighted by molar-refractivity contribution is 5.96. The molecule has 0 heterocycles. The Kier molecular flexibility index (Phi) is 7.64. The first-order valence-electron chi connectivity index (χ1n) is 14.1. The fourth-order valence-corrected chi connectivity index (χ4v) is 5.29. The minimum Gasteiger partial charge on any atom is -0.506 e.